The Labute approximate surface area is 151 Å². The second kappa shape index (κ2) is 6.96. The molecule has 0 unspecified atom stereocenters. The molecule has 4 aromatic rings. The molecule has 1 N–H and O–H groups in total. The van der Waals surface area contributed by atoms with Gasteiger partial charge in [0.05, 0.1) is 0 Å². The molecule has 0 spiro atoms. The summed E-state index contributed by atoms with van der Waals surface area (Å²) >= 11 is 0. The standard InChI is InChI=1S/C22H15N3O/c23-13-19-15-24-14-18(7-6-16-4-2-1-3-5-16)22(19)26-20-8-9-21-17(12-20)10-11-25-21/h1-12,14-15,25H/b7-6+. The highest BCUT2D eigenvalue weighted by atomic mass is 16.5. The van der Waals surface area contributed by atoms with E-state index in [1.54, 1.807) is 6.20 Å². The molecule has 0 atom stereocenters. The zero-order chi connectivity index (χ0) is 17.8. The predicted octanol–water partition coefficient (Wildman–Crippen LogP) is 5.40. The highest BCUT2D eigenvalue weighted by Crippen LogP contribution is 2.31. The van der Waals surface area contributed by atoms with E-state index in [-0.39, 0.29) is 0 Å². The maximum absolute atomic E-state index is 9.45. The lowest BCUT2D eigenvalue weighted by Gasteiger charge is -2.10. The monoisotopic (exact) mass is 337 g/mol. The zero-order valence-corrected chi connectivity index (χ0v) is 13.9. The second-order valence-corrected chi connectivity index (χ2v) is 5.79. The molecular weight excluding hydrogens is 322 g/mol. The van der Waals surface area contributed by atoms with Crippen molar-refractivity contribution in [3.8, 4) is 17.6 Å². The van der Waals surface area contributed by atoms with Gasteiger partial charge in [0.15, 0.2) is 5.75 Å². The molecule has 124 valence electrons. The van der Waals surface area contributed by atoms with Gasteiger partial charge in [-0.2, -0.15) is 5.26 Å². The van der Waals surface area contributed by atoms with Crippen molar-refractivity contribution >= 4 is 23.1 Å². The normalized spacial score (nSPS) is 10.9. The molecule has 0 fully saturated rings. The summed E-state index contributed by atoms with van der Waals surface area (Å²) in [6, 6.07) is 19.9. The lowest BCUT2D eigenvalue weighted by molar-refractivity contribution is 0.480. The van der Waals surface area contributed by atoms with Gasteiger partial charge in [-0.1, -0.05) is 36.4 Å². The number of fused-ring (bicyclic) bond motifs is 1. The van der Waals surface area contributed by atoms with Crippen LogP contribution in [0.5, 0.6) is 11.5 Å². The molecule has 0 aliphatic rings. The van der Waals surface area contributed by atoms with Crippen molar-refractivity contribution in [2.45, 2.75) is 0 Å². The summed E-state index contributed by atoms with van der Waals surface area (Å²) in [7, 11) is 0. The van der Waals surface area contributed by atoms with Gasteiger partial charge in [-0.3, -0.25) is 4.98 Å². The molecular formula is C22H15N3O. The molecule has 0 aliphatic carbocycles. The van der Waals surface area contributed by atoms with Gasteiger partial charge in [0, 0.05) is 35.1 Å². The van der Waals surface area contributed by atoms with Crippen LogP contribution in [0.2, 0.25) is 0 Å². The minimum atomic E-state index is 0.398. The predicted molar refractivity (Wildman–Crippen MR) is 103 cm³/mol. The molecule has 0 aliphatic heterocycles. The van der Waals surface area contributed by atoms with E-state index >= 15 is 0 Å². The summed E-state index contributed by atoms with van der Waals surface area (Å²) in [5.74, 6) is 1.18. The first-order valence-corrected chi connectivity index (χ1v) is 8.20. The topological polar surface area (TPSA) is 61.7 Å². The number of hydrogen-bond acceptors (Lipinski definition) is 3. The molecule has 2 aromatic carbocycles. The van der Waals surface area contributed by atoms with Crippen molar-refractivity contribution in [1.29, 1.82) is 5.26 Å². The SMILES string of the molecule is N#Cc1cncc(/C=C/c2ccccc2)c1Oc1ccc2[nH]ccc2c1. The Morgan fingerprint density at radius 2 is 1.88 bits per heavy atom. The van der Waals surface area contributed by atoms with E-state index in [9.17, 15) is 5.26 Å². The third-order valence-electron chi connectivity index (χ3n) is 4.04. The molecule has 0 radical (unpaired) electrons. The molecule has 4 heteroatoms. The molecule has 0 saturated carbocycles. The minimum Gasteiger partial charge on any atom is -0.455 e. The molecule has 0 bridgehead atoms. The van der Waals surface area contributed by atoms with Crippen LogP contribution in [0.25, 0.3) is 23.1 Å². The fourth-order valence-corrected chi connectivity index (χ4v) is 2.74. The quantitative estimate of drug-likeness (QED) is 0.542. The Kier molecular flexibility index (Phi) is 4.19. The zero-order valence-electron chi connectivity index (χ0n) is 13.9. The van der Waals surface area contributed by atoms with E-state index in [1.165, 1.54) is 6.20 Å². The number of aromatic nitrogens is 2. The Morgan fingerprint density at radius 1 is 1.00 bits per heavy atom. The molecule has 2 heterocycles. The smallest absolute Gasteiger partial charge is 0.155 e. The Hall–Kier alpha value is -3.84. The van der Waals surface area contributed by atoms with Crippen molar-refractivity contribution in [1.82, 2.24) is 9.97 Å². The van der Waals surface area contributed by atoms with E-state index in [2.05, 4.69) is 16.0 Å². The highest BCUT2D eigenvalue weighted by molar-refractivity contribution is 5.81. The van der Waals surface area contributed by atoms with Crippen LogP contribution >= 0.6 is 0 Å². The number of nitrogens with zero attached hydrogens (tertiary/aromatic N) is 2. The molecule has 0 saturated heterocycles. The van der Waals surface area contributed by atoms with E-state index in [0.29, 0.717) is 17.1 Å². The Balaban J connectivity index is 1.72. The van der Waals surface area contributed by atoms with Crippen LogP contribution in [0.1, 0.15) is 16.7 Å². The van der Waals surface area contributed by atoms with Crippen molar-refractivity contribution < 1.29 is 4.74 Å². The summed E-state index contributed by atoms with van der Waals surface area (Å²) < 4.78 is 6.07. The summed E-state index contributed by atoms with van der Waals surface area (Å²) in [5, 5.41) is 10.5. The number of H-pyrrole nitrogens is 1. The van der Waals surface area contributed by atoms with Gasteiger partial charge in [0.1, 0.15) is 17.4 Å². The maximum Gasteiger partial charge on any atom is 0.155 e. The third kappa shape index (κ3) is 3.19. The number of hydrogen-bond donors (Lipinski definition) is 1. The number of nitriles is 1. The lowest BCUT2D eigenvalue weighted by atomic mass is 10.1. The molecule has 4 nitrogen and oxygen atoms in total. The largest absolute Gasteiger partial charge is 0.455 e. The summed E-state index contributed by atoms with van der Waals surface area (Å²) in [6.45, 7) is 0. The van der Waals surface area contributed by atoms with Crippen LogP contribution in [0, 0.1) is 11.3 Å². The van der Waals surface area contributed by atoms with E-state index in [1.807, 2.05) is 72.9 Å². The van der Waals surface area contributed by atoms with Gasteiger partial charge < -0.3 is 9.72 Å². The van der Waals surface area contributed by atoms with Crippen LogP contribution in [0.3, 0.4) is 0 Å². The first-order chi connectivity index (χ1) is 12.8. The highest BCUT2D eigenvalue weighted by Gasteiger charge is 2.11. The fourth-order valence-electron chi connectivity index (χ4n) is 2.74. The average molecular weight is 337 g/mol. The summed E-state index contributed by atoms with van der Waals surface area (Å²) in [5.41, 5.74) is 3.25. The first-order valence-electron chi connectivity index (χ1n) is 8.20. The van der Waals surface area contributed by atoms with Crippen molar-refractivity contribution in [2.24, 2.45) is 0 Å². The Bertz CT molecular complexity index is 1120. The van der Waals surface area contributed by atoms with Gasteiger partial charge >= 0.3 is 0 Å². The lowest BCUT2D eigenvalue weighted by Crippen LogP contribution is -1.93. The molecule has 4 rings (SSSR count). The molecule has 26 heavy (non-hydrogen) atoms. The van der Waals surface area contributed by atoms with Crippen LogP contribution < -0.4 is 4.74 Å². The number of rotatable bonds is 4. The molecule has 2 aromatic heterocycles. The number of pyridine rings is 1. The van der Waals surface area contributed by atoms with Gasteiger partial charge in [-0.15, -0.1) is 0 Å². The van der Waals surface area contributed by atoms with Crippen LogP contribution in [0.15, 0.2) is 73.2 Å². The number of aromatic amines is 1. The number of nitrogens with one attached hydrogen (secondary N) is 1. The second-order valence-electron chi connectivity index (χ2n) is 5.79. The van der Waals surface area contributed by atoms with E-state index in [0.717, 1.165) is 22.0 Å². The van der Waals surface area contributed by atoms with E-state index in [4.69, 9.17) is 4.74 Å². The van der Waals surface area contributed by atoms with Gasteiger partial charge in [-0.25, -0.2) is 0 Å². The third-order valence-corrected chi connectivity index (χ3v) is 4.04. The first kappa shape index (κ1) is 15.7. The summed E-state index contributed by atoms with van der Waals surface area (Å²) in [6.07, 6.45) is 8.98. The average Bonchev–Trinajstić information content (AvgIpc) is 3.16. The Morgan fingerprint density at radius 3 is 2.73 bits per heavy atom. The van der Waals surface area contributed by atoms with Crippen molar-refractivity contribution in [3.63, 3.8) is 0 Å². The molecule has 0 amide bonds. The minimum absolute atomic E-state index is 0.398. The van der Waals surface area contributed by atoms with Crippen LogP contribution in [-0.4, -0.2) is 9.97 Å². The van der Waals surface area contributed by atoms with Gasteiger partial charge in [0.25, 0.3) is 0 Å². The summed E-state index contributed by atoms with van der Waals surface area (Å²) in [4.78, 5) is 7.31. The van der Waals surface area contributed by atoms with Crippen LogP contribution in [0.4, 0.5) is 0 Å². The van der Waals surface area contributed by atoms with Gasteiger partial charge in [-0.05, 0) is 35.9 Å². The van der Waals surface area contributed by atoms with Gasteiger partial charge in [0.2, 0.25) is 0 Å². The van der Waals surface area contributed by atoms with Crippen molar-refractivity contribution in [3.05, 3.63) is 89.9 Å². The number of benzene rings is 2. The van der Waals surface area contributed by atoms with Crippen LogP contribution in [-0.2, 0) is 0 Å². The number of ether oxygens (including phenoxy) is 1. The maximum atomic E-state index is 9.45. The fraction of sp³-hybridized carbons (Fsp3) is 0. The van der Waals surface area contributed by atoms with E-state index < -0.39 is 0 Å². The van der Waals surface area contributed by atoms with Crippen molar-refractivity contribution in [2.75, 3.05) is 0 Å².